The average molecular weight is 311 g/mol. The SMILES string of the molecule is CCc1cccc(NS(=O)(=O)c2cc(Cl)ccc2N)c1. The van der Waals surface area contributed by atoms with E-state index in [-0.39, 0.29) is 10.6 Å². The Morgan fingerprint density at radius 2 is 1.95 bits per heavy atom. The highest BCUT2D eigenvalue weighted by Crippen LogP contribution is 2.25. The van der Waals surface area contributed by atoms with Crippen LogP contribution in [-0.4, -0.2) is 8.42 Å². The molecule has 0 amide bonds. The summed E-state index contributed by atoms with van der Waals surface area (Å²) in [6.07, 6.45) is 0.828. The number of aryl methyl sites for hydroxylation is 1. The largest absolute Gasteiger partial charge is 0.398 e. The fourth-order valence-electron chi connectivity index (χ4n) is 1.81. The van der Waals surface area contributed by atoms with Crippen molar-refractivity contribution >= 4 is 33.0 Å². The van der Waals surface area contributed by atoms with Gasteiger partial charge in [-0.3, -0.25) is 4.72 Å². The van der Waals surface area contributed by atoms with Gasteiger partial charge in [0, 0.05) is 10.7 Å². The van der Waals surface area contributed by atoms with Crippen LogP contribution in [0, 0.1) is 0 Å². The van der Waals surface area contributed by atoms with Crippen molar-refractivity contribution in [2.75, 3.05) is 10.5 Å². The molecule has 0 atom stereocenters. The minimum absolute atomic E-state index is 0.0214. The highest BCUT2D eigenvalue weighted by Gasteiger charge is 2.18. The Morgan fingerprint density at radius 3 is 2.65 bits per heavy atom. The van der Waals surface area contributed by atoms with Crippen molar-refractivity contribution in [1.82, 2.24) is 0 Å². The highest BCUT2D eigenvalue weighted by atomic mass is 35.5. The minimum Gasteiger partial charge on any atom is -0.398 e. The molecule has 0 unspecified atom stereocenters. The minimum atomic E-state index is -3.75. The summed E-state index contributed by atoms with van der Waals surface area (Å²) < 4.78 is 27.2. The van der Waals surface area contributed by atoms with Gasteiger partial charge in [0.15, 0.2) is 0 Å². The molecule has 0 radical (unpaired) electrons. The van der Waals surface area contributed by atoms with Crippen molar-refractivity contribution < 1.29 is 8.42 Å². The molecule has 2 aromatic rings. The molecule has 4 nitrogen and oxygen atoms in total. The van der Waals surface area contributed by atoms with Gasteiger partial charge in [0.25, 0.3) is 10.0 Å². The van der Waals surface area contributed by atoms with Crippen LogP contribution in [0.2, 0.25) is 5.02 Å². The van der Waals surface area contributed by atoms with Gasteiger partial charge in [-0.2, -0.15) is 0 Å². The molecule has 0 heterocycles. The zero-order valence-electron chi connectivity index (χ0n) is 10.9. The van der Waals surface area contributed by atoms with Crippen LogP contribution in [0.4, 0.5) is 11.4 Å². The van der Waals surface area contributed by atoms with E-state index in [2.05, 4.69) is 4.72 Å². The first-order chi connectivity index (χ1) is 9.42. The van der Waals surface area contributed by atoms with Crippen molar-refractivity contribution in [3.05, 3.63) is 53.1 Å². The third-order valence-corrected chi connectivity index (χ3v) is 4.52. The number of benzene rings is 2. The molecule has 0 fully saturated rings. The maximum absolute atomic E-state index is 12.3. The van der Waals surface area contributed by atoms with E-state index < -0.39 is 10.0 Å². The van der Waals surface area contributed by atoms with E-state index >= 15 is 0 Å². The maximum Gasteiger partial charge on any atom is 0.263 e. The van der Waals surface area contributed by atoms with Gasteiger partial charge in [-0.15, -0.1) is 0 Å². The molecule has 6 heteroatoms. The number of sulfonamides is 1. The smallest absolute Gasteiger partial charge is 0.263 e. The van der Waals surface area contributed by atoms with Gasteiger partial charge in [0.05, 0.1) is 5.69 Å². The number of nitrogens with two attached hydrogens (primary N) is 1. The van der Waals surface area contributed by atoms with E-state index in [4.69, 9.17) is 17.3 Å². The third kappa shape index (κ3) is 3.23. The van der Waals surface area contributed by atoms with Gasteiger partial charge in [0.2, 0.25) is 0 Å². The number of halogens is 1. The third-order valence-electron chi connectivity index (χ3n) is 2.85. The Balaban J connectivity index is 2.38. The lowest BCUT2D eigenvalue weighted by Gasteiger charge is -2.11. The Labute approximate surface area is 123 Å². The van der Waals surface area contributed by atoms with Gasteiger partial charge in [-0.1, -0.05) is 30.7 Å². The first-order valence-corrected chi connectivity index (χ1v) is 7.95. The van der Waals surface area contributed by atoms with Crippen molar-refractivity contribution in [2.45, 2.75) is 18.2 Å². The summed E-state index contributed by atoms with van der Waals surface area (Å²) >= 11 is 5.83. The number of nitrogen functional groups attached to an aromatic ring is 1. The van der Waals surface area contributed by atoms with Gasteiger partial charge < -0.3 is 5.73 Å². The number of nitrogens with one attached hydrogen (secondary N) is 1. The van der Waals surface area contributed by atoms with Gasteiger partial charge in [-0.25, -0.2) is 8.42 Å². The van der Waals surface area contributed by atoms with Crippen molar-refractivity contribution in [3.63, 3.8) is 0 Å². The first kappa shape index (κ1) is 14.7. The van der Waals surface area contributed by atoms with Gasteiger partial charge in [0.1, 0.15) is 4.90 Å². The van der Waals surface area contributed by atoms with Crippen molar-refractivity contribution in [2.24, 2.45) is 0 Å². The second-order valence-corrected chi connectivity index (χ2v) is 6.43. The predicted molar refractivity (Wildman–Crippen MR) is 82.5 cm³/mol. The highest BCUT2D eigenvalue weighted by molar-refractivity contribution is 7.92. The molecule has 0 spiro atoms. The molecule has 0 bridgehead atoms. The van der Waals surface area contributed by atoms with Crippen molar-refractivity contribution in [1.29, 1.82) is 0 Å². The van der Waals surface area contributed by atoms with Crippen LogP contribution in [0.15, 0.2) is 47.4 Å². The standard InChI is InChI=1S/C14H15ClN2O2S/c1-2-10-4-3-5-12(8-10)17-20(18,19)14-9-11(15)6-7-13(14)16/h3-9,17H,2,16H2,1H3. The molecule has 0 aliphatic rings. The fourth-order valence-corrected chi connectivity index (χ4v) is 3.25. The summed E-state index contributed by atoms with van der Waals surface area (Å²) in [6.45, 7) is 2.00. The summed E-state index contributed by atoms with van der Waals surface area (Å²) in [5.74, 6) is 0. The molecule has 2 aromatic carbocycles. The van der Waals surface area contributed by atoms with E-state index in [9.17, 15) is 8.42 Å². The van der Waals surface area contributed by atoms with Crippen LogP contribution in [0.3, 0.4) is 0 Å². The fraction of sp³-hybridized carbons (Fsp3) is 0.143. The predicted octanol–water partition coefficient (Wildman–Crippen LogP) is 3.29. The second-order valence-electron chi connectivity index (χ2n) is 4.34. The summed E-state index contributed by atoms with van der Waals surface area (Å²) in [5.41, 5.74) is 7.42. The number of anilines is 2. The lowest BCUT2D eigenvalue weighted by Crippen LogP contribution is -2.15. The van der Waals surface area contributed by atoms with E-state index in [1.165, 1.54) is 12.1 Å². The Hall–Kier alpha value is -1.72. The molecular formula is C14H15ClN2O2S. The van der Waals surface area contributed by atoms with Crippen LogP contribution >= 0.6 is 11.6 Å². The van der Waals surface area contributed by atoms with Crippen LogP contribution in [0.5, 0.6) is 0 Å². The Morgan fingerprint density at radius 1 is 1.20 bits per heavy atom. The molecule has 20 heavy (non-hydrogen) atoms. The monoisotopic (exact) mass is 310 g/mol. The molecule has 2 rings (SSSR count). The van der Waals surface area contributed by atoms with E-state index in [1.54, 1.807) is 24.3 Å². The zero-order valence-corrected chi connectivity index (χ0v) is 12.5. The van der Waals surface area contributed by atoms with Gasteiger partial charge >= 0.3 is 0 Å². The quantitative estimate of drug-likeness (QED) is 0.851. The van der Waals surface area contributed by atoms with Crippen LogP contribution in [-0.2, 0) is 16.4 Å². The first-order valence-electron chi connectivity index (χ1n) is 6.09. The van der Waals surface area contributed by atoms with Crippen LogP contribution < -0.4 is 10.5 Å². The van der Waals surface area contributed by atoms with E-state index in [0.29, 0.717) is 10.7 Å². The molecule has 0 aliphatic carbocycles. The van der Waals surface area contributed by atoms with Crippen LogP contribution in [0.1, 0.15) is 12.5 Å². The second kappa shape index (κ2) is 5.73. The summed E-state index contributed by atoms with van der Waals surface area (Å²) in [5, 5.41) is 0.321. The number of hydrogen-bond acceptors (Lipinski definition) is 3. The average Bonchev–Trinajstić information content (AvgIpc) is 2.41. The molecule has 106 valence electrons. The van der Waals surface area contributed by atoms with E-state index in [1.807, 2.05) is 13.0 Å². The molecule has 0 aliphatic heterocycles. The summed E-state index contributed by atoms with van der Waals surface area (Å²) in [6, 6.07) is 11.6. The maximum atomic E-state index is 12.3. The summed E-state index contributed by atoms with van der Waals surface area (Å²) in [4.78, 5) is -0.0214. The van der Waals surface area contributed by atoms with E-state index in [0.717, 1.165) is 12.0 Å². The molecule has 3 N–H and O–H groups in total. The number of hydrogen-bond donors (Lipinski definition) is 2. The molecule has 0 saturated heterocycles. The lowest BCUT2D eigenvalue weighted by molar-refractivity contribution is 0.601. The molecular weight excluding hydrogens is 296 g/mol. The topological polar surface area (TPSA) is 72.2 Å². The van der Waals surface area contributed by atoms with Crippen molar-refractivity contribution in [3.8, 4) is 0 Å². The molecule has 0 aromatic heterocycles. The lowest BCUT2D eigenvalue weighted by atomic mass is 10.1. The number of rotatable bonds is 4. The van der Waals surface area contributed by atoms with Crippen LogP contribution in [0.25, 0.3) is 0 Å². The molecule has 0 saturated carbocycles. The zero-order chi connectivity index (χ0) is 14.8. The summed E-state index contributed by atoms with van der Waals surface area (Å²) in [7, 11) is -3.75. The Bertz CT molecular complexity index is 730. The normalized spacial score (nSPS) is 11.3. The van der Waals surface area contributed by atoms with Gasteiger partial charge in [-0.05, 0) is 42.3 Å². The Kier molecular flexibility index (Phi) is 4.20.